The van der Waals surface area contributed by atoms with Gasteiger partial charge in [-0.25, -0.2) is 0 Å². The molecule has 1 heterocycles. The molecule has 0 radical (unpaired) electrons. The molecule has 0 atom stereocenters. The summed E-state index contributed by atoms with van der Waals surface area (Å²) >= 11 is 4.59. The van der Waals surface area contributed by atoms with Crippen LogP contribution in [0.1, 0.15) is 38.5 Å². The lowest BCUT2D eigenvalue weighted by atomic mass is 9.88. The van der Waals surface area contributed by atoms with E-state index in [0.29, 0.717) is 5.41 Å². The maximum atomic E-state index is 4.59. The van der Waals surface area contributed by atoms with Crippen molar-refractivity contribution < 1.29 is 0 Å². The van der Waals surface area contributed by atoms with E-state index in [2.05, 4.69) is 29.5 Å². The molecule has 1 saturated carbocycles. The molecule has 0 bridgehead atoms. The van der Waals surface area contributed by atoms with Crippen LogP contribution in [0.5, 0.6) is 0 Å². The zero-order valence-corrected chi connectivity index (χ0v) is 12.2. The summed E-state index contributed by atoms with van der Waals surface area (Å²) in [4.78, 5) is 5.15. The Morgan fingerprint density at radius 3 is 2.35 bits per heavy atom. The number of hydrogen-bond donors (Lipinski definition) is 1. The van der Waals surface area contributed by atoms with Crippen LogP contribution < -0.4 is 0 Å². The van der Waals surface area contributed by atoms with E-state index in [-0.39, 0.29) is 0 Å². The van der Waals surface area contributed by atoms with Crippen molar-refractivity contribution in [1.29, 1.82) is 0 Å². The zero-order chi connectivity index (χ0) is 12.1. The average Bonchev–Trinajstić information content (AvgIpc) is 2.98. The normalized spacial score (nSPS) is 24.9. The van der Waals surface area contributed by atoms with E-state index < -0.39 is 0 Å². The largest absolute Gasteiger partial charge is 0.305 e. The van der Waals surface area contributed by atoms with Gasteiger partial charge in [0.1, 0.15) is 0 Å². The Morgan fingerprint density at radius 1 is 1.12 bits per heavy atom. The molecule has 17 heavy (non-hydrogen) atoms. The average molecular weight is 256 g/mol. The van der Waals surface area contributed by atoms with E-state index in [1.54, 1.807) is 0 Å². The quantitative estimate of drug-likeness (QED) is 0.730. The summed E-state index contributed by atoms with van der Waals surface area (Å²) in [6.07, 6.45) is 8.44. The highest BCUT2D eigenvalue weighted by Crippen LogP contribution is 2.39. The van der Waals surface area contributed by atoms with Crippen LogP contribution in [0.15, 0.2) is 0 Å². The number of likely N-dealkylation sites (tertiary alicyclic amines) is 1. The summed E-state index contributed by atoms with van der Waals surface area (Å²) in [6.45, 7) is 6.40. The maximum Gasteiger partial charge on any atom is 0.0109 e. The fourth-order valence-corrected chi connectivity index (χ4v) is 3.88. The molecule has 1 aliphatic heterocycles. The van der Waals surface area contributed by atoms with Crippen LogP contribution in [0.2, 0.25) is 0 Å². The molecule has 2 rings (SSSR count). The zero-order valence-electron chi connectivity index (χ0n) is 11.3. The van der Waals surface area contributed by atoms with E-state index >= 15 is 0 Å². The van der Waals surface area contributed by atoms with Gasteiger partial charge in [0.2, 0.25) is 0 Å². The highest BCUT2D eigenvalue weighted by molar-refractivity contribution is 7.80. The van der Waals surface area contributed by atoms with Gasteiger partial charge in [0.15, 0.2) is 0 Å². The van der Waals surface area contributed by atoms with Crippen LogP contribution in [-0.4, -0.2) is 55.3 Å². The van der Waals surface area contributed by atoms with Crippen molar-refractivity contribution in [1.82, 2.24) is 9.80 Å². The molecular formula is C14H28N2S. The van der Waals surface area contributed by atoms with E-state index in [4.69, 9.17) is 0 Å². The molecule has 0 aromatic heterocycles. The first kappa shape index (κ1) is 13.7. The third-order valence-electron chi connectivity index (χ3n) is 4.60. The second-order valence-corrected chi connectivity index (χ2v) is 6.47. The molecule has 1 saturated heterocycles. The standard InChI is InChI=1S/C14H28N2S/c1-15(10-11-16-8-4-5-9-16)12-14(13-17)6-2-3-7-14/h17H,2-13H2,1H3. The topological polar surface area (TPSA) is 6.48 Å². The van der Waals surface area contributed by atoms with Crippen molar-refractivity contribution in [3.05, 3.63) is 0 Å². The van der Waals surface area contributed by atoms with Crippen molar-refractivity contribution in [2.24, 2.45) is 5.41 Å². The number of thiol groups is 1. The molecule has 0 spiro atoms. The monoisotopic (exact) mass is 256 g/mol. The lowest BCUT2D eigenvalue weighted by Crippen LogP contribution is -2.39. The Hall–Kier alpha value is 0.270. The lowest BCUT2D eigenvalue weighted by Gasteiger charge is -2.33. The van der Waals surface area contributed by atoms with Crippen LogP contribution in [0.3, 0.4) is 0 Å². The van der Waals surface area contributed by atoms with Crippen molar-refractivity contribution in [3.8, 4) is 0 Å². The minimum Gasteiger partial charge on any atom is -0.305 e. The predicted molar refractivity (Wildman–Crippen MR) is 77.9 cm³/mol. The van der Waals surface area contributed by atoms with Crippen LogP contribution in [0, 0.1) is 5.41 Å². The van der Waals surface area contributed by atoms with Gasteiger partial charge in [0.25, 0.3) is 0 Å². The van der Waals surface area contributed by atoms with Crippen molar-refractivity contribution in [2.75, 3.05) is 45.5 Å². The molecule has 0 aromatic carbocycles. The first-order valence-corrected chi connectivity index (χ1v) is 7.89. The van der Waals surface area contributed by atoms with E-state index in [1.165, 1.54) is 71.2 Å². The highest BCUT2D eigenvalue weighted by Gasteiger charge is 2.33. The molecule has 3 heteroatoms. The number of rotatable bonds is 6. The maximum absolute atomic E-state index is 4.59. The van der Waals surface area contributed by atoms with Gasteiger partial charge in [0, 0.05) is 19.6 Å². The Morgan fingerprint density at radius 2 is 1.76 bits per heavy atom. The minimum atomic E-state index is 0.531. The second kappa shape index (κ2) is 6.44. The number of nitrogens with zero attached hydrogens (tertiary/aromatic N) is 2. The number of hydrogen-bond acceptors (Lipinski definition) is 3. The van der Waals surface area contributed by atoms with E-state index in [9.17, 15) is 0 Å². The fourth-order valence-electron chi connectivity index (χ4n) is 3.46. The van der Waals surface area contributed by atoms with Gasteiger partial charge >= 0.3 is 0 Å². The Balaban J connectivity index is 1.70. The van der Waals surface area contributed by atoms with Crippen molar-refractivity contribution >= 4 is 12.6 Å². The Kier molecular flexibility index (Phi) is 5.19. The molecule has 2 fully saturated rings. The molecule has 1 aliphatic carbocycles. The Bertz CT molecular complexity index is 220. The van der Waals surface area contributed by atoms with Gasteiger partial charge in [-0.15, -0.1) is 0 Å². The first-order chi connectivity index (χ1) is 8.24. The molecule has 0 unspecified atom stereocenters. The van der Waals surface area contributed by atoms with Crippen molar-refractivity contribution in [2.45, 2.75) is 38.5 Å². The molecule has 0 N–H and O–H groups in total. The summed E-state index contributed by atoms with van der Waals surface area (Å²) in [5.74, 6) is 1.07. The van der Waals surface area contributed by atoms with Crippen LogP contribution in [0.4, 0.5) is 0 Å². The van der Waals surface area contributed by atoms with Gasteiger partial charge in [0.05, 0.1) is 0 Å². The summed E-state index contributed by atoms with van der Waals surface area (Å²) in [7, 11) is 2.29. The van der Waals surface area contributed by atoms with E-state index in [1.807, 2.05) is 0 Å². The third-order valence-corrected chi connectivity index (χ3v) is 5.27. The third kappa shape index (κ3) is 3.87. The highest BCUT2D eigenvalue weighted by atomic mass is 32.1. The van der Waals surface area contributed by atoms with Crippen LogP contribution in [0.25, 0.3) is 0 Å². The Labute approximate surface area is 112 Å². The fraction of sp³-hybridized carbons (Fsp3) is 1.00. The molecular weight excluding hydrogens is 228 g/mol. The van der Waals surface area contributed by atoms with Gasteiger partial charge < -0.3 is 9.80 Å². The molecule has 100 valence electrons. The van der Waals surface area contributed by atoms with Crippen LogP contribution in [-0.2, 0) is 0 Å². The molecule has 2 nitrogen and oxygen atoms in total. The number of likely N-dealkylation sites (N-methyl/N-ethyl adjacent to an activating group) is 1. The van der Waals surface area contributed by atoms with Gasteiger partial charge in [-0.3, -0.25) is 0 Å². The summed E-state index contributed by atoms with van der Waals surface area (Å²) in [5, 5.41) is 0. The van der Waals surface area contributed by atoms with E-state index in [0.717, 1.165) is 5.75 Å². The van der Waals surface area contributed by atoms with Crippen LogP contribution >= 0.6 is 12.6 Å². The lowest BCUT2D eigenvalue weighted by molar-refractivity contribution is 0.181. The minimum absolute atomic E-state index is 0.531. The SMILES string of the molecule is CN(CCN1CCCC1)CC1(CS)CCCC1. The summed E-state index contributed by atoms with van der Waals surface area (Å²) in [5.41, 5.74) is 0.531. The predicted octanol–water partition coefficient (Wildman–Crippen LogP) is 2.50. The summed E-state index contributed by atoms with van der Waals surface area (Å²) < 4.78 is 0. The molecule has 2 aliphatic rings. The first-order valence-electron chi connectivity index (χ1n) is 7.26. The summed E-state index contributed by atoms with van der Waals surface area (Å²) in [6, 6.07) is 0. The molecule has 0 aromatic rings. The molecule has 0 amide bonds. The smallest absolute Gasteiger partial charge is 0.0109 e. The van der Waals surface area contributed by atoms with Gasteiger partial charge in [-0.1, -0.05) is 12.8 Å². The van der Waals surface area contributed by atoms with Gasteiger partial charge in [-0.2, -0.15) is 12.6 Å². The van der Waals surface area contributed by atoms with Crippen molar-refractivity contribution in [3.63, 3.8) is 0 Å². The van der Waals surface area contributed by atoms with Gasteiger partial charge in [-0.05, 0) is 57.0 Å². The second-order valence-electron chi connectivity index (χ2n) is 6.15.